The van der Waals surface area contributed by atoms with E-state index in [9.17, 15) is 5.11 Å². The molecule has 2 atom stereocenters. The van der Waals surface area contributed by atoms with Crippen LogP contribution in [-0.2, 0) is 0 Å². The minimum atomic E-state index is -0.423. The average molecular weight is 255 g/mol. The van der Waals surface area contributed by atoms with Crippen LogP contribution in [-0.4, -0.2) is 12.2 Å². The number of aliphatic hydroxyl groups excluding tert-OH is 1. The van der Waals surface area contributed by atoms with Crippen LogP contribution in [0.3, 0.4) is 0 Å². The quantitative estimate of drug-likeness (QED) is 0.865. The van der Waals surface area contributed by atoms with Crippen LogP contribution in [0.2, 0.25) is 0 Å². The fourth-order valence-corrected chi connectivity index (χ4v) is 2.59. The van der Waals surface area contributed by atoms with Gasteiger partial charge in [-0.3, -0.25) is 0 Å². The van der Waals surface area contributed by atoms with Gasteiger partial charge in [0, 0.05) is 17.7 Å². The average Bonchev–Trinajstić information content (AvgIpc) is 2.47. The molecule has 0 aromatic heterocycles. The maximum Gasteiger partial charge on any atom is 0.119 e. The van der Waals surface area contributed by atoms with Crippen molar-refractivity contribution in [2.45, 2.75) is 18.6 Å². The first kappa shape index (κ1) is 12.1. The molecular formula is C16H17NO2. The van der Waals surface area contributed by atoms with Crippen molar-refractivity contribution in [3.05, 3.63) is 59.7 Å². The first-order chi connectivity index (χ1) is 9.28. The number of anilines is 1. The Balaban J connectivity index is 1.92. The lowest BCUT2D eigenvalue weighted by Gasteiger charge is -2.31. The summed E-state index contributed by atoms with van der Waals surface area (Å²) in [5.74, 6) is 0.840. The van der Waals surface area contributed by atoms with Crippen LogP contribution >= 0.6 is 0 Å². The molecule has 3 rings (SSSR count). The van der Waals surface area contributed by atoms with Crippen LogP contribution in [0.5, 0.6) is 5.75 Å². The Hall–Kier alpha value is -2.00. The number of nitrogens with one attached hydrogen (secondary N) is 1. The van der Waals surface area contributed by atoms with Crippen LogP contribution in [0.15, 0.2) is 48.5 Å². The number of aliphatic hydroxyl groups is 1. The number of methoxy groups -OCH3 is 1. The maximum atomic E-state index is 10.2. The lowest BCUT2D eigenvalue weighted by Crippen LogP contribution is -2.21. The number of para-hydroxylation sites is 1. The first-order valence-electron chi connectivity index (χ1n) is 6.45. The summed E-state index contributed by atoms with van der Waals surface area (Å²) in [6, 6.07) is 16.0. The second kappa shape index (κ2) is 4.94. The normalized spacial score (nSPS) is 21.4. The van der Waals surface area contributed by atoms with Gasteiger partial charge in [-0.2, -0.15) is 0 Å². The largest absolute Gasteiger partial charge is 0.497 e. The Bertz CT molecular complexity index is 582. The molecule has 3 heteroatoms. The zero-order chi connectivity index (χ0) is 13.2. The van der Waals surface area contributed by atoms with Crippen LogP contribution in [0.1, 0.15) is 29.7 Å². The number of rotatable bonds is 2. The third-order valence-corrected chi connectivity index (χ3v) is 3.60. The zero-order valence-electron chi connectivity index (χ0n) is 10.8. The van der Waals surface area contributed by atoms with E-state index in [4.69, 9.17) is 4.74 Å². The number of benzene rings is 2. The molecule has 0 unspecified atom stereocenters. The van der Waals surface area contributed by atoms with E-state index in [1.807, 2.05) is 42.5 Å². The third-order valence-electron chi connectivity index (χ3n) is 3.60. The van der Waals surface area contributed by atoms with Gasteiger partial charge in [-0.25, -0.2) is 0 Å². The Morgan fingerprint density at radius 1 is 1.16 bits per heavy atom. The van der Waals surface area contributed by atoms with E-state index in [1.54, 1.807) is 7.11 Å². The standard InChI is InChI=1S/C16H17NO2/c1-19-12-6-4-5-11(9-12)15-10-16(18)13-7-2-3-8-14(13)17-15/h2-9,15-18H,10H2,1H3/t15-,16-/m1/s1. The van der Waals surface area contributed by atoms with Crippen molar-refractivity contribution < 1.29 is 9.84 Å². The summed E-state index contributed by atoms with van der Waals surface area (Å²) >= 11 is 0. The molecule has 0 bridgehead atoms. The molecule has 0 saturated heterocycles. The fraction of sp³-hybridized carbons (Fsp3) is 0.250. The summed E-state index contributed by atoms with van der Waals surface area (Å²) < 4.78 is 5.25. The lowest BCUT2D eigenvalue weighted by atomic mass is 9.91. The minimum absolute atomic E-state index is 0.111. The smallest absolute Gasteiger partial charge is 0.119 e. The number of ether oxygens (including phenoxy) is 1. The number of hydrogen-bond donors (Lipinski definition) is 2. The monoisotopic (exact) mass is 255 g/mol. The van der Waals surface area contributed by atoms with Gasteiger partial charge in [0.15, 0.2) is 0 Å². The molecule has 0 spiro atoms. The lowest BCUT2D eigenvalue weighted by molar-refractivity contribution is 0.156. The van der Waals surface area contributed by atoms with E-state index in [0.29, 0.717) is 6.42 Å². The van der Waals surface area contributed by atoms with E-state index < -0.39 is 6.10 Å². The van der Waals surface area contributed by atoms with E-state index in [2.05, 4.69) is 11.4 Å². The van der Waals surface area contributed by atoms with Crippen LogP contribution in [0.4, 0.5) is 5.69 Å². The van der Waals surface area contributed by atoms with Crippen molar-refractivity contribution in [3.63, 3.8) is 0 Å². The zero-order valence-corrected chi connectivity index (χ0v) is 10.8. The van der Waals surface area contributed by atoms with E-state index in [-0.39, 0.29) is 6.04 Å². The highest BCUT2D eigenvalue weighted by Crippen LogP contribution is 2.39. The molecule has 2 aromatic carbocycles. The minimum Gasteiger partial charge on any atom is -0.497 e. The molecule has 3 nitrogen and oxygen atoms in total. The van der Waals surface area contributed by atoms with Crippen molar-refractivity contribution in [1.29, 1.82) is 0 Å². The van der Waals surface area contributed by atoms with Gasteiger partial charge in [0.25, 0.3) is 0 Å². The predicted molar refractivity (Wildman–Crippen MR) is 75.4 cm³/mol. The summed E-state index contributed by atoms with van der Waals surface area (Å²) in [6.07, 6.45) is 0.248. The van der Waals surface area contributed by atoms with Gasteiger partial charge in [0.05, 0.1) is 19.3 Å². The van der Waals surface area contributed by atoms with Gasteiger partial charge >= 0.3 is 0 Å². The van der Waals surface area contributed by atoms with Gasteiger partial charge < -0.3 is 15.2 Å². The molecule has 1 heterocycles. The van der Waals surface area contributed by atoms with Crippen LogP contribution in [0.25, 0.3) is 0 Å². The topological polar surface area (TPSA) is 41.5 Å². The molecule has 1 aliphatic heterocycles. The maximum absolute atomic E-state index is 10.2. The van der Waals surface area contributed by atoms with Gasteiger partial charge in [-0.15, -0.1) is 0 Å². The second-order valence-corrected chi connectivity index (χ2v) is 4.81. The second-order valence-electron chi connectivity index (χ2n) is 4.81. The summed E-state index contributed by atoms with van der Waals surface area (Å²) in [4.78, 5) is 0. The Labute approximate surface area is 112 Å². The molecule has 0 amide bonds. The Kier molecular flexibility index (Phi) is 3.13. The number of fused-ring (bicyclic) bond motifs is 1. The van der Waals surface area contributed by atoms with E-state index >= 15 is 0 Å². The van der Waals surface area contributed by atoms with Gasteiger partial charge in [0.2, 0.25) is 0 Å². The van der Waals surface area contributed by atoms with Crippen LogP contribution < -0.4 is 10.1 Å². The summed E-state index contributed by atoms with van der Waals surface area (Å²) in [5, 5.41) is 13.7. The molecule has 0 aliphatic carbocycles. The van der Waals surface area contributed by atoms with Crippen molar-refractivity contribution >= 4 is 5.69 Å². The van der Waals surface area contributed by atoms with Crippen molar-refractivity contribution in [2.75, 3.05) is 12.4 Å². The van der Waals surface area contributed by atoms with Crippen LogP contribution in [0, 0.1) is 0 Å². The summed E-state index contributed by atoms with van der Waals surface area (Å²) in [5.41, 5.74) is 3.11. The summed E-state index contributed by atoms with van der Waals surface area (Å²) in [7, 11) is 1.66. The highest BCUT2D eigenvalue weighted by molar-refractivity contribution is 5.56. The van der Waals surface area contributed by atoms with Gasteiger partial charge in [-0.1, -0.05) is 30.3 Å². The SMILES string of the molecule is COc1cccc([C@H]2C[C@@H](O)c3ccccc3N2)c1. The Morgan fingerprint density at radius 2 is 2.00 bits per heavy atom. The molecule has 19 heavy (non-hydrogen) atoms. The molecule has 98 valence electrons. The number of hydrogen-bond acceptors (Lipinski definition) is 3. The van der Waals surface area contributed by atoms with Crippen molar-refractivity contribution in [1.82, 2.24) is 0 Å². The van der Waals surface area contributed by atoms with Crippen molar-refractivity contribution in [3.8, 4) is 5.75 Å². The predicted octanol–water partition coefficient (Wildman–Crippen LogP) is 3.29. The molecular weight excluding hydrogens is 238 g/mol. The van der Waals surface area contributed by atoms with Gasteiger partial charge in [0.1, 0.15) is 5.75 Å². The molecule has 0 radical (unpaired) electrons. The van der Waals surface area contributed by atoms with Crippen molar-refractivity contribution in [2.24, 2.45) is 0 Å². The molecule has 0 saturated carbocycles. The van der Waals surface area contributed by atoms with E-state index in [0.717, 1.165) is 22.6 Å². The molecule has 2 aromatic rings. The third kappa shape index (κ3) is 2.29. The van der Waals surface area contributed by atoms with E-state index in [1.165, 1.54) is 0 Å². The first-order valence-corrected chi connectivity index (χ1v) is 6.45. The molecule has 2 N–H and O–H groups in total. The molecule has 1 aliphatic rings. The molecule has 0 fully saturated rings. The highest BCUT2D eigenvalue weighted by Gasteiger charge is 2.25. The fourth-order valence-electron chi connectivity index (χ4n) is 2.59. The Morgan fingerprint density at radius 3 is 2.84 bits per heavy atom. The highest BCUT2D eigenvalue weighted by atomic mass is 16.5. The van der Waals surface area contributed by atoms with Gasteiger partial charge in [-0.05, 0) is 23.8 Å². The summed E-state index contributed by atoms with van der Waals surface area (Å²) in [6.45, 7) is 0.